The van der Waals surface area contributed by atoms with Crippen LogP contribution in [0.15, 0.2) is 55.2 Å². The summed E-state index contributed by atoms with van der Waals surface area (Å²) in [5.41, 5.74) is 2.57. The SMILES string of the molecule is C[C@H]1CN(C(=O)OC(C)(C)C)CCN1c1ncnc2c1c(-c1cccnc1)cn2-c1ccc(F)c(Cl)c1. The summed E-state index contributed by atoms with van der Waals surface area (Å²) < 4.78 is 21.4. The van der Waals surface area contributed by atoms with E-state index in [-0.39, 0.29) is 17.2 Å². The van der Waals surface area contributed by atoms with Gasteiger partial charge in [-0.2, -0.15) is 0 Å². The Morgan fingerprint density at radius 3 is 2.68 bits per heavy atom. The molecule has 5 rings (SSSR count). The number of ether oxygens (including phenoxy) is 1. The number of hydrogen-bond donors (Lipinski definition) is 0. The van der Waals surface area contributed by atoms with Gasteiger partial charge >= 0.3 is 6.09 Å². The summed E-state index contributed by atoms with van der Waals surface area (Å²) in [6.45, 7) is 9.22. The fourth-order valence-electron chi connectivity index (χ4n) is 4.60. The number of carbonyl (C=O) groups is 1. The number of carbonyl (C=O) groups excluding carboxylic acids is 1. The van der Waals surface area contributed by atoms with Crippen LogP contribution in [-0.4, -0.2) is 61.8 Å². The second-order valence-corrected chi connectivity index (χ2v) is 10.5. The van der Waals surface area contributed by atoms with E-state index in [0.29, 0.717) is 31.0 Å². The molecule has 1 aromatic carbocycles. The molecule has 8 nitrogen and oxygen atoms in total. The van der Waals surface area contributed by atoms with Gasteiger partial charge in [0.2, 0.25) is 0 Å². The number of nitrogens with zero attached hydrogens (tertiary/aromatic N) is 6. The van der Waals surface area contributed by atoms with Gasteiger partial charge in [0, 0.05) is 61.1 Å². The zero-order chi connectivity index (χ0) is 26.3. The molecule has 4 heterocycles. The van der Waals surface area contributed by atoms with Gasteiger partial charge in [-0.3, -0.25) is 4.98 Å². The molecule has 4 aromatic rings. The molecule has 0 saturated carbocycles. The van der Waals surface area contributed by atoms with E-state index in [4.69, 9.17) is 21.3 Å². The maximum atomic E-state index is 13.9. The number of piperazine rings is 1. The summed E-state index contributed by atoms with van der Waals surface area (Å²) in [6, 6.07) is 8.41. The quantitative estimate of drug-likeness (QED) is 0.342. The number of rotatable bonds is 3. The molecular weight excluding hydrogens is 495 g/mol. The maximum absolute atomic E-state index is 13.9. The largest absolute Gasteiger partial charge is 0.444 e. The number of amides is 1. The molecule has 10 heteroatoms. The molecule has 0 aliphatic carbocycles. The van der Waals surface area contributed by atoms with E-state index < -0.39 is 11.4 Å². The molecule has 1 aliphatic heterocycles. The fourth-order valence-corrected chi connectivity index (χ4v) is 4.78. The van der Waals surface area contributed by atoms with Gasteiger partial charge in [0.05, 0.1) is 10.4 Å². The number of halogens is 2. The topological polar surface area (TPSA) is 76.4 Å². The molecule has 0 unspecified atom stereocenters. The van der Waals surface area contributed by atoms with Crippen molar-refractivity contribution in [2.24, 2.45) is 0 Å². The number of hydrogen-bond acceptors (Lipinski definition) is 6. The third-order valence-corrected chi connectivity index (χ3v) is 6.56. The Labute approximate surface area is 219 Å². The molecule has 1 amide bonds. The number of aromatic nitrogens is 4. The number of anilines is 1. The monoisotopic (exact) mass is 522 g/mol. The van der Waals surface area contributed by atoms with Crippen molar-refractivity contribution in [3.05, 3.63) is 66.1 Å². The molecule has 192 valence electrons. The predicted octanol–water partition coefficient (Wildman–Crippen LogP) is 5.72. The molecule has 3 aromatic heterocycles. The Hall–Kier alpha value is -3.72. The van der Waals surface area contributed by atoms with Crippen LogP contribution in [-0.2, 0) is 4.74 Å². The minimum atomic E-state index is -0.555. The summed E-state index contributed by atoms with van der Waals surface area (Å²) in [5.74, 6) is 0.272. The molecule has 1 atom stereocenters. The van der Waals surface area contributed by atoms with Gasteiger partial charge in [0.25, 0.3) is 0 Å². The number of fused-ring (bicyclic) bond motifs is 1. The highest BCUT2D eigenvalue weighted by atomic mass is 35.5. The lowest BCUT2D eigenvalue weighted by atomic mass is 10.1. The molecular formula is C27H28ClFN6O2. The van der Waals surface area contributed by atoms with Crippen LogP contribution in [0.5, 0.6) is 0 Å². The van der Waals surface area contributed by atoms with E-state index in [1.807, 2.05) is 43.7 Å². The van der Waals surface area contributed by atoms with Gasteiger partial charge in [-0.1, -0.05) is 17.7 Å². The maximum Gasteiger partial charge on any atom is 0.410 e. The minimum Gasteiger partial charge on any atom is -0.444 e. The number of benzene rings is 1. The van der Waals surface area contributed by atoms with Crippen LogP contribution in [0.4, 0.5) is 15.0 Å². The fraction of sp³-hybridized carbons (Fsp3) is 0.333. The first-order chi connectivity index (χ1) is 17.6. The van der Waals surface area contributed by atoms with E-state index in [9.17, 15) is 9.18 Å². The van der Waals surface area contributed by atoms with Crippen molar-refractivity contribution in [3.8, 4) is 16.8 Å². The Morgan fingerprint density at radius 1 is 1.19 bits per heavy atom. The van der Waals surface area contributed by atoms with Crippen molar-refractivity contribution in [2.75, 3.05) is 24.5 Å². The van der Waals surface area contributed by atoms with Gasteiger partial charge in [-0.15, -0.1) is 0 Å². The normalized spacial score (nSPS) is 16.3. The van der Waals surface area contributed by atoms with Crippen molar-refractivity contribution in [3.63, 3.8) is 0 Å². The van der Waals surface area contributed by atoms with Crippen LogP contribution in [0.3, 0.4) is 0 Å². The van der Waals surface area contributed by atoms with Crippen LogP contribution in [0.25, 0.3) is 27.8 Å². The molecule has 1 saturated heterocycles. The van der Waals surface area contributed by atoms with E-state index >= 15 is 0 Å². The summed E-state index contributed by atoms with van der Waals surface area (Å²) in [4.78, 5) is 30.2. The van der Waals surface area contributed by atoms with Crippen LogP contribution in [0, 0.1) is 5.82 Å². The Morgan fingerprint density at radius 2 is 2.00 bits per heavy atom. The standard InChI is InChI=1S/C27H28ClFN6O2/c1-17-14-33(26(36)37-27(2,3)4)10-11-34(17)24-23-20(18-6-5-9-30-13-18)15-35(25(23)32-16-31-24)19-7-8-22(29)21(28)12-19/h5-9,12-13,15-17H,10-11,14H2,1-4H3/t17-/m0/s1. The minimum absolute atomic E-state index is 0.0234. The van der Waals surface area contributed by atoms with E-state index in [1.54, 1.807) is 29.4 Å². The molecule has 0 radical (unpaired) electrons. The van der Waals surface area contributed by atoms with Gasteiger partial charge in [0.1, 0.15) is 23.6 Å². The average Bonchev–Trinajstić information content (AvgIpc) is 3.25. The Bertz CT molecular complexity index is 1450. The zero-order valence-corrected chi connectivity index (χ0v) is 21.9. The van der Waals surface area contributed by atoms with Gasteiger partial charge in [0.15, 0.2) is 5.65 Å². The highest BCUT2D eigenvalue weighted by Gasteiger charge is 2.32. The van der Waals surface area contributed by atoms with E-state index in [0.717, 1.165) is 22.3 Å². The summed E-state index contributed by atoms with van der Waals surface area (Å²) in [5, 5.41) is 0.872. The van der Waals surface area contributed by atoms with Gasteiger partial charge in [-0.05, 0) is 52.0 Å². The second-order valence-electron chi connectivity index (χ2n) is 10.1. The summed E-state index contributed by atoms with van der Waals surface area (Å²) >= 11 is 6.11. The highest BCUT2D eigenvalue weighted by molar-refractivity contribution is 6.30. The first-order valence-corrected chi connectivity index (χ1v) is 12.5. The first kappa shape index (κ1) is 25.0. The summed E-state index contributed by atoms with van der Waals surface area (Å²) in [7, 11) is 0. The second kappa shape index (κ2) is 9.63. The van der Waals surface area contributed by atoms with Crippen molar-refractivity contribution < 1.29 is 13.9 Å². The first-order valence-electron chi connectivity index (χ1n) is 12.1. The van der Waals surface area contributed by atoms with Crippen molar-refractivity contribution >= 4 is 34.5 Å². The summed E-state index contributed by atoms with van der Waals surface area (Å²) in [6.07, 6.45) is 6.67. The molecule has 1 aliphatic rings. The molecule has 0 N–H and O–H groups in total. The van der Waals surface area contributed by atoms with E-state index in [2.05, 4.69) is 21.8 Å². The predicted molar refractivity (Wildman–Crippen MR) is 142 cm³/mol. The molecule has 1 fully saturated rings. The van der Waals surface area contributed by atoms with Crippen LogP contribution < -0.4 is 4.90 Å². The zero-order valence-electron chi connectivity index (χ0n) is 21.2. The Balaban J connectivity index is 1.59. The lowest BCUT2D eigenvalue weighted by Crippen LogP contribution is -2.54. The van der Waals surface area contributed by atoms with Crippen molar-refractivity contribution in [2.45, 2.75) is 39.3 Å². The van der Waals surface area contributed by atoms with Gasteiger partial charge < -0.3 is 19.1 Å². The average molecular weight is 523 g/mol. The van der Waals surface area contributed by atoms with E-state index in [1.165, 1.54) is 12.4 Å². The Kier molecular flexibility index (Phi) is 6.49. The third kappa shape index (κ3) is 4.96. The number of pyridine rings is 1. The molecule has 0 bridgehead atoms. The highest BCUT2D eigenvalue weighted by Crippen LogP contribution is 2.38. The van der Waals surface area contributed by atoms with Crippen molar-refractivity contribution in [1.82, 2.24) is 24.4 Å². The smallest absolute Gasteiger partial charge is 0.410 e. The van der Waals surface area contributed by atoms with Gasteiger partial charge in [-0.25, -0.2) is 19.2 Å². The third-order valence-electron chi connectivity index (χ3n) is 6.27. The molecule has 37 heavy (non-hydrogen) atoms. The van der Waals surface area contributed by atoms with Crippen molar-refractivity contribution in [1.29, 1.82) is 0 Å². The lowest BCUT2D eigenvalue weighted by Gasteiger charge is -2.41. The van der Waals surface area contributed by atoms with Crippen LogP contribution >= 0.6 is 11.6 Å². The van der Waals surface area contributed by atoms with Crippen LogP contribution in [0.2, 0.25) is 5.02 Å². The van der Waals surface area contributed by atoms with Crippen LogP contribution in [0.1, 0.15) is 27.7 Å². The lowest BCUT2D eigenvalue weighted by molar-refractivity contribution is 0.0218. The molecule has 0 spiro atoms.